The lowest BCUT2D eigenvalue weighted by Crippen LogP contribution is -2.45. The van der Waals surface area contributed by atoms with Crippen molar-refractivity contribution in [1.29, 1.82) is 0 Å². The zero-order chi connectivity index (χ0) is 12.4. The van der Waals surface area contributed by atoms with Crippen LogP contribution < -0.4 is 5.73 Å². The van der Waals surface area contributed by atoms with Crippen molar-refractivity contribution >= 4 is 9.84 Å². The Morgan fingerprint density at radius 2 is 1.62 bits per heavy atom. The molecule has 1 fully saturated rings. The van der Waals surface area contributed by atoms with Gasteiger partial charge in [0.2, 0.25) is 0 Å². The Bertz CT molecular complexity index is 323. The summed E-state index contributed by atoms with van der Waals surface area (Å²) in [6.07, 6.45) is 7.21. The van der Waals surface area contributed by atoms with Crippen molar-refractivity contribution in [1.82, 2.24) is 0 Å². The van der Waals surface area contributed by atoms with Gasteiger partial charge in [0.1, 0.15) is 9.84 Å². The quantitative estimate of drug-likeness (QED) is 0.827. The third-order valence-electron chi connectivity index (χ3n) is 3.79. The molecule has 0 amide bonds. The van der Waals surface area contributed by atoms with Gasteiger partial charge in [-0.2, -0.15) is 0 Å². The summed E-state index contributed by atoms with van der Waals surface area (Å²) >= 11 is 0. The largest absolute Gasteiger partial charge is 0.325 e. The van der Waals surface area contributed by atoms with Crippen LogP contribution in [0.1, 0.15) is 52.4 Å². The minimum absolute atomic E-state index is 0.111. The van der Waals surface area contributed by atoms with E-state index in [0.717, 1.165) is 32.1 Å². The molecule has 1 aliphatic rings. The third-order valence-corrected chi connectivity index (χ3v) is 4.82. The van der Waals surface area contributed by atoms with Gasteiger partial charge in [-0.15, -0.1) is 0 Å². The standard InChI is InChI=1S/C12H25NO2S/c1-11(2)6-8-12(13,9-7-11)5-4-10-16(3,14)15/h4-10,13H2,1-3H3. The van der Waals surface area contributed by atoms with Gasteiger partial charge in [-0.25, -0.2) is 8.42 Å². The van der Waals surface area contributed by atoms with E-state index in [0.29, 0.717) is 11.8 Å². The minimum atomic E-state index is -2.83. The molecule has 4 heteroatoms. The van der Waals surface area contributed by atoms with E-state index in [9.17, 15) is 8.42 Å². The number of rotatable bonds is 4. The molecule has 0 aromatic carbocycles. The van der Waals surface area contributed by atoms with Crippen LogP contribution >= 0.6 is 0 Å². The molecule has 0 saturated heterocycles. The number of sulfone groups is 1. The van der Waals surface area contributed by atoms with Crippen LogP contribution in [0.4, 0.5) is 0 Å². The van der Waals surface area contributed by atoms with E-state index < -0.39 is 9.84 Å². The van der Waals surface area contributed by atoms with E-state index in [-0.39, 0.29) is 11.3 Å². The first-order valence-corrected chi connectivity index (χ1v) is 8.15. The van der Waals surface area contributed by atoms with Gasteiger partial charge >= 0.3 is 0 Å². The maximum Gasteiger partial charge on any atom is 0.147 e. The zero-order valence-electron chi connectivity index (χ0n) is 10.8. The monoisotopic (exact) mass is 247 g/mol. The second-order valence-electron chi connectivity index (χ2n) is 6.26. The van der Waals surface area contributed by atoms with Crippen LogP contribution in [0.2, 0.25) is 0 Å². The molecule has 0 aromatic rings. The molecule has 3 nitrogen and oxygen atoms in total. The maximum absolute atomic E-state index is 11.0. The molecule has 0 unspecified atom stereocenters. The van der Waals surface area contributed by atoms with Crippen molar-refractivity contribution in [3.63, 3.8) is 0 Å². The Balaban J connectivity index is 2.37. The number of nitrogens with two attached hydrogens (primary N) is 1. The third kappa shape index (κ3) is 4.83. The van der Waals surface area contributed by atoms with Crippen LogP contribution in [0.5, 0.6) is 0 Å². The molecule has 0 aromatic heterocycles. The summed E-state index contributed by atoms with van der Waals surface area (Å²) in [5, 5.41) is 0. The molecule has 0 aliphatic heterocycles. The normalized spacial score (nSPS) is 24.2. The predicted molar refractivity (Wildman–Crippen MR) is 68.1 cm³/mol. The highest BCUT2D eigenvalue weighted by Crippen LogP contribution is 2.40. The lowest BCUT2D eigenvalue weighted by atomic mass is 9.68. The van der Waals surface area contributed by atoms with E-state index in [1.165, 1.54) is 6.26 Å². The van der Waals surface area contributed by atoms with Crippen molar-refractivity contribution in [3.8, 4) is 0 Å². The van der Waals surface area contributed by atoms with Gasteiger partial charge in [0.05, 0.1) is 0 Å². The minimum Gasteiger partial charge on any atom is -0.325 e. The van der Waals surface area contributed by atoms with E-state index in [1.807, 2.05) is 0 Å². The van der Waals surface area contributed by atoms with E-state index in [4.69, 9.17) is 5.73 Å². The Hall–Kier alpha value is -0.0900. The highest BCUT2D eigenvalue weighted by Gasteiger charge is 2.34. The van der Waals surface area contributed by atoms with Crippen LogP contribution in [0.3, 0.4) is 0 Å². The Morgan fingerprint density at radius 1 is 1.12 bits per heavy atom. The second-order valence-corrected chi connectivity index (χ2v) is 8.52. The van der Waals surface area contributed by atoms with E-state index >= 15 is 0 Å². The first-order valence-electron chi connectivity index (χ1n) is 6.09. The van der Waals surface area contributed by atoms with Crippen molar-refractivity contribution in [2.75, 3.05) is 12.0 Å². The van der Waals surface area contributed by atoms with Crippen LogP contribution in [0, 0.1) is 5.41 Å². The molecule has 0 bridgehead atoms. The van der Waals surface area contributed by atoms with Gasteiger partial charge in [0, 0.05) is 17.5 Å². The summed E-state index contributed by atoms with van der Waals surface area (Å²) in [5.41, 5.74) is 6.62. The average molecular weight is 247 g/mol. The predicted octanol–water partition coefficient (Wildman–Crippen LogP) is 2.11. The van der Waals surface area contributed by atoms with Crippen LogP contribution in [0.15, 0.2) is 0 Å². The topological polar surface area (TPSA) is 60.2 Å². The summed E-state index contributed by atoms with van der Waals surface area (Å²) in [7, 11) is -2.83. The molecule has 1 aliphatic carbocycles. The number of hydrogen-bond acceptors (Lipinski definition) is 3. The van der Waals surface area contributed by atoms with Crippen molar-refractivity contribution in [2.24, 2.45) is 11.1 Å². The molecule has 1 saturated carbocycles. The molecule has 1 rings (SSSR count). The van der Waals surface area contributed by atoms with Gasteiger partial charge in [0.25, 0.3) is 0 Å². The Morgan fingerprint density at radius 3 is 2.06 bits per heavy atom. The molecule has 0 spiro atoms. The second kappa shape index (κ2) is 4.65. The van der Waals surface area contributed by atoms with Gasteiger partial charge in [-0.05, 0) is 43.9 Å². The fourth-order valence-electron chi connectivity index (χ4n) is 2.36. The molecule has 16 heavy (non-hydrogen) atoms. The molecule has 0 radical (unpaired) electrons. The van der Waals surface area contributed by atoms with Crippen LogP contribution in [0.25, 0.3) is 0 Å². The summed E-state index contributed by atoms with van der Waals surface area (Å²) in [4.78, 5) is 0. The fraction of sp³-hybridized carbons (Fsp3) is 1.00. The summed E-state index contributed by atoms with van der Waals surface area (Å²) in [6.45, 7) is 4.56. The van der Waals surface area contributed by atoms with Crippen molar-refractivity contribution in [2.45, 2.75) is 57.9 Å². The van der Waals surface area contributed by atoms with Crippen LogP contribution in [-0.4, -0.2) is 26.0 Å². The molecule has 2 N–H and O–H groups in total. The van der Waals surface area contributed by atoms with Gasteiger partial charge in [-0.1, -0.05) is 13.8 Å². The van der Waals surface area contributed by atoms with E-state index in [1.54, 1.807) is 0 Å². The maximum atomic E-state index is 11.0. The summed E-state index contributed by atoms with van der Waals surface area (Å²) in [6, 6.07) is 0. The first kappa shape index (κ1) is 14.0. The molecular weight excluding hydrogens is 222 g/mol. The average Bonchev–Trinajstić information content (AvgIpc) is 2.09. The molecule has 0 atom stereocenters. The fourth-order valence-corrected chi connectivity index (χ4v) is 3.03. The number of hydrogen-bond donors (Lipinski definition) is 1. The molecule has 0 heterocycles. The van der Waals surface area contributed by atoms with Crippen LogP contribution in [-0.2, 0) is 9.84 Å². The highest BCUT2D eigenvalue weighted by atomic mass is 32.2. The molecular formula is C12H25NO2S. The van der Waals surface area contributed by atoms with E-state index in [2.05, 4.69) is 13.8 Å². The molecule has 96 valence electrons. The lowest BCUT2D eigenvalue weighted by molar-refractivity contribution is 0.157. The SMILES string of the molecule is CC1(C)CCC(N)(CCCS(C)(=O)=O)CC1. The van der Waals surface area contributed by atoms with Crippen molar-refractivity contribution < 1.29 is 8.42 Å². The van der Waals surface area contributed by atoms with Gasteiger partial charge < -0.3 is 5.73 Å². The van der Waals surface area contributed by atoms with Gasteiger partial charge in [-0.3, -0.25) is 0 Å². The van der Waals surface area contributed by atoms with Gasteiger partial charge in [0.15, 0.2) is 0 Å². The van der Waals surface area contributed by atoms with Crippen molar-refractivity contribution in [3.05, 3.63) is 0 Å². The smallest absolute Gasteiger partial charge is 0.147 e. The lowest BCUT2D eigenvalue weighted by Gasteiger charge is -2.41. The first-order chi connectivity index (χ1) is 7.12. The Kier molecular flexibility index (Phi) is 4.06. The highest BCUT2D eigenvalue weighted by molar-refractivity contribution is 7.90. The zero-order valence-corrected chi connectivity index (χ0v) is 11.6. The Labute approximate surface area is 99.7 Å². The summed E-state index contributed by atoms with van der Waals surface area (Å²) < 4.78 is 22.1. The summed E-state index contributed by atoms with van der Waals surface area (Å²) in [5.74, 6) is 0.273.